The minimum absolute atomic E-state index is 0.230. The maximum atomic E-state index is 12.8. The lowest BCUT2D eigenvalue weighted by Gasteiger charge is -2.17. The number of aliphatic hydroxyl groups is 1. The van der Waals surface area contributed by atoms with Gasteiger partial charge in [-0.2, -0.15) is 0 Å². The van der Waals surface area contributed by atoms with Crippen LogP contribution in [0.2, 0.25) is 0 Å². The van der Waals surface area contributed by atoms with Gasteiger partial charge >= 0.3 is 0 Å². The Morgan fingerprint density at radius 1 is 1.35 bits per heavy atom. The Balaban J connectivity index is 1.89. The van der Waals surface area contributed by atoms with Crippen LogP contribution in [0.5, 0.6) is 0 Å². The molecule has 0 saturated carbocycles. The predicted molar refractivity (Wildman–Crippen MR) is 71.6 cm³/mol. The Labute approximate surface area is 116 Å². The van der Waals surface area contributed by atoms with Crippen molar-refractivity contribution in [1.82, 2.24) is 5.32 Å². The van der Waals surface area contributed by atoms with E-state index >= 15 is 0 Å². The van der Waals surface area contributed by atoms with Crippen LogP contribution < -0.4 is 5.32 Å². The molecule has 0 aliphatic heterocycles. The van der Waals surface area contributed by atoms with Gasteiger partial charge in [-0.25, -0.2) is 4.39 Å². The fourth-order valence-electron chi connectivity index (χ4n) is 1.92. The molecule has 1 aromatic carbocycles. The van der Waals surface area contributed by atoms with Crippen LogP contribution in [0.25, 0.3) is 0 Å². The first-order chi connectivity index (χ1) is 9.56. The molecule has 2 N–H and O–H groups in total. The van der Waals surface area contributed by atoms with E-state index in [0.29, 0.717) is 12.0 Å². The molecule has 20 heavy (non-hydrogen) atoms. The summed E-state index contributed by atoms with van der Waals surface area (Å²) in [5.41, 5.74) is 0.616. The van der Waals surface area contributed by atoms with E-state index in [0.717, 1.165) is 0 Å². The maximum Gasteiger partial charge on any atom is 0.287 e. The number of hydrogen-bond acceptors (Lipinski definition) is 3. The highest BCUT2D eigenvalue weighted by Crippen LogP contribution is 2.18. The molecule has 0 radical (unpaired) electrons. The highest BCUT2D eigenvalue weighted by molar-refractivity contribution is 5.91. The van der Waals surface area contributed by atoms with Gasteiger partial charge in [-0.15, -0.1) is 0 Å². The van der Waals surface area contributed by atoms with Crippen molar-refractivity contribution < 1.29 is 18.7 Å². The van der Waals surface area contributed by atoms with Gasteiger partial charge in [0, 0.05) is 6.04 Å². The Bertz CT molecular complexity index is 551. The molecule has 2 aromatic rings. The quantitative estimate of drug-likeness (QED) is 0.883. The van der Waals surface area contributed by atoms with Gasteiger partial charge in [-0.1, -0.05) is 12.1 Å². The molecule has 2 rings (SSSR count). The second-order valence-corrected chi connectivity index (χ2v) is 4.65. The lowest BCUT2D eigenvalue weighted by atomic mass is 10.0. The monoisotopic (exact) mass is 277 g/mol. The molecule has 1 heterocycles. The molecule has 1 aromatic heterocycles. The summed E-state index contributed by atoms with van der Waals surface area (Å²) in [5, 5.41) is 12.8. The van der Waals surface area contributed by atoms with E-state index in [1.165, 1.54) is 30.5 Å². The van der Waals surface area contributed by atoms with Crippen LogP contribution in [-0.2, 0) is 0 Å². The zero-order valence-corrected chi connectivity index (χ0v) is 11.0. The minimum Gasteiger partial charge on any atom is -0.459 e. The number of halogens is 1. The number of benzene rings is 1. The van der Waals surface area contributed by atoms with Crippen molar-refractivity contribution in [1.29, 1.82) is 0 Å². The molecular weight excluding hydrogens is 261 g/mol. The first-order valence-corrected chi connectivity index (χ1v) is 6.34. The summed E-state index contributed by atoms with van der Waals surface area (Å²) in [6.45, 7) is 1.79. The maximum absolute atomic E-state index is 12.8. The molecule has 2 unspecified atom stereocenters. The van der Waals surface area contributed by atoms with Crippen molar-refractivity contribution in [2.24, 2.45) is 0 Å². The van der Waals surface area contributed by atoms with Crippen LogP contribution in [0.4, 0.5) is 4.39 Å². The topological polar surface area (TPSA) is 62.5 Å². The van der Waals surface area contributed by atoms with E-state index in [1.807, 2.05) is 0 Å². The SMILES string of the molecule is CC(CC(O)c1ccc(F)cc1)NC(=O)c1ccco1. The molecule has 0 spiro atoms. The van der Waals surface area contributed by atoms with Crippen LogP contribution in [0.15, 0.2) is 47.1 Å². The summed E-state index contributed by atoms with van der Waals surface area (Å²) in [4.78, 5) is 11.7. The number of aliphatic hydroxyl groups excluding tert-OH is 1. The van der Waals surface area contributed by atoms with Gasteiger partial charge in [0.25, 0.3) is 5.91 Å². The number of amides is 1. The number of carbonyl (C=O) groups is 1. The molecule has 4 nitrogen and oxygen atoms in total. The molecule has 1 amide bonds. The molecular formula is C15H16FNO3. The number of carbonyl (C=O) groups excluding carboxylic acids is 1. The fourth-order valence-corrected chi connectivity index (χ4v) is 1.92. The van der Waals surface area contributed by atoms with Crippen molar-refractivity contribution in [2.45, 2.75) is 25.5 Å². The average molecular weight is 277 g/mol. The van der Waals surface area contributed by atoms with Gasteiger partial charge in [-0.05, 0) is 43.2 Å². The molecule has 0 fully saturated rings. The van der Waals surface area contributed by atoms with E-state index in [1.54, 1.807) is 19.1 Å². The Morgan fingerprint density at radius 2 is 2.05 bits per heavy atom. The van der Waals surface area contributed by atoms with Crippen LogP contribution >= 0.6 is 0 Å². The molecule has 106 valence electrons. The normalized spacial score (nSPS) is 13.8. The van der Waals surface area contributed by atoms with Gasteiger partial charge in [0.2, 0.25) is 0 Å². The second kappa shape index (κ2) is 6.34. The zero-order valence-electron chi connectivity index (χ0n) is 11.0. The largest absolute Gasteiger partial charge is 0.459 e. The fraction of sp³-hybridized carbons (Fsp3) is 0.267. The van der Waals surface area contributed by atoms with Crippen molar-refractivity contribution in [3.05, 3.63) is 59.8 Å². The van der Waals surface area contributed by atoms with E-state index < -0.39 is 6.10 Å². The molecule has 0 saturated heterocycles. The van der Waals surface area contributed by atoms with Crippen LogP contribution in [0.1, 0.15) is 35.6 Å². The lowest BCUT2D eigenvalue weighted by Crippen LogP contribution is -2.33. The number of hydrogen-bond donors (Lipinski definition) is 2. The summed E-state index contributed by atoms with van der Waals surface area (Å²) >= 11 is 0. The van der Waals surface area contributed by atoms with Crippen molar-refractivity contribution in [2.75, 3.05) is 0 Å². The number of rotatable bonds is 5. The third-order valence-electron chi connectivity index (χ3n) is 2.95. The smallest absolute Gasteiger partial charge is 0.287 e. The highest BCUT2D eigenvalue weighted by atomic mass is 19.1. The third kappa shape index (κ3) is 3.68. The van der Waals surface area contributed by atoms with Gasteiger partial charge in [0.1, 0.15) is 5.82 Å². The van der Waals surface area contributed by atoms with E-state index in [2.05, 4.69) is 5.32 Å². The van der Waals surface area contributed by atoms with Crippen molar-refractivity contribution >= 4 is 5.91 Å². The standard InChI is InChI=1S/C15H16FNO3/c1-10(17-15(19)14-3-2-8-20-14)9-13(18)11-4-6-12(16)7-5-11/h2-8,10,13,18H,9H2,1H3,(H,17,19). The molecule has 0 bridgehead atoms. The van der Waals surface area contributed by atoms with Gasteiger partial charge < -0.3 is 14.8 Å². The second-order valence-electron chi connectivity index (χ2n) is 4.65. The summed E-state index contributed by atoms with van der Waals surface area (Å²) in [7, 11) is 0. The Kier molecular flexibility index (Phi) is 4.53. The number of nitrogens with one attached hydrogen (secondary N) is 1. The summed E-state index contributed by atoms with van der Waals surface area (Å²) in [6, 6.07) is 8.61. The van der Waals surface area contributed by atoms with Crippen molar-refractivity contribution in [3.63, 3.8) is 0 Å². The van der Waals surface area contributed by atoms with E-state index in [9.17, 15) is 14.3 Å². The summed E-state index contributed by atoms with van der Waals surface area (Å²) in [5.74, 6) is -0.443. The van der Waals surface area contributed by atoms with Gasteiger partial charge in [0.15, 0.2) is 5.76 Å². The zero-order chi connectivity index (χ0) is 14.5. The Morgan fingerprint density at radius 3 is 2.65 bits per heavy atom. The summed E-state index contributed by atoms with van der Waals surface area (Å²) in [6.07, 6.45) is 0.993. The van der Waals surface area contributed by atoms with Gasteiger partial charge in [-0.3, -0.25) is 4.79 Å². The average Bonchev–Trinajstić information content (AvgIpc) is 2.93. The molecule has 0 aliphatic rings. The van der Waals surface area contributed by atoms with Gasteiger partial charge in [0.05, 0.1) is 12.4 Å². The molecule has 5 heteroatoms. The predicted octanol–water partition coefficient (Wildman–Crippen LogP) is 2.66. The number of furan rings is 1. The van der Waals surface area contributed by atoms with Crippen molar-refractivity contribution in [3.8, 4) is 0 Å². The molecule has 0 aliphatic carbocycles. The first-order valence-electron chi connectivity index (χ1n) is 6.34. The first kappa shape index (κ1) is 14.3. The highest BCUT2D eigenvalue weighted by Gasteiger charge is 2.16. The lowest BCUT2D eigenvalue weighted by molar-refractivity contribution is 0.0889. The van der Waals surface area contributed by atoms with Crippen LogP contribution in [0, 0.1) is 5.82 Å². The van der Waals surface area contributed by atoms with Crippen LogP contribution in [0.3, 0.4) is 0 Å². The summed E-state index contributed by atoms with van der Waals surface area (Å²) < 4.78 is 17.8. The van der Waals surface area contributed by atoms with E-state index in [4.69, 9.17) is 4.42 Å². The minimum atomic E-state index is -0.762. The molecule has 2 atom stereocenters. The van der Waals surface area contributed by atoms with E-state index in [-0.39, 0.29) is 23.5 Å². The Hall–Kier alpha value is -2.14. The van der Waals surface area contributed by atoms with Crippen LogP contribution in [-0.4, -0.2) is 17.1 Å². The third-order valence-corrected chi connectivity index (χ3v) is 2.95.